The van der Waals surface area contributed by atoms with Gasteiger partial charge in [-0.2, -0.15) is 0 Å². The molecule has 1 aliphatic rings. The number of hydrogen-bond acceptors (Lipinski definition) is 6. The maximum absolute atomic E-state index is 11.8. The number of methoxy groups -OCH3 is 1. The molecule has 0 bridgehead atoms. The van der Waals surface area contributed by atoms with Gasteiger partial charge in [-0.05, 0) is 32.5 Å². The van der Waals surface area contributed by atoms with E-state index in [2.05, 4.69) is 14.8 Å². The molecular formula is C14H26N3O4S+. The predicted octanol–water partition coefficient (Wildman–Crippen LogP) is 0.730. The van der Waals surface area contributed by atoms with Crippen molar-refractivity contribution < 1.29 is 23.6 Å². The van der Waals surface area contributed by atoms with Gasteiger partial charge in [-0.3, -0.25) is 9.48 Å². The van der Waals surface area contributed by atoms with E-state index in [-0.39, 0.29) is 0 Å². The number of amidine groups is 1. The molecule has 0 fully saturated rings. The van der Waals surface area contributed by atoms with E-state index in [9.17, 15) is 9.59 Å². The topological polar surface area (TPSA) is 70.9 Å². The van der Waals surface area contributed by atoms with Gasteiger partial charge in [-0.25, -0.2) is 9.59 Å². The lowest BCUT2D eigenvalue weighted by Gasteiger charge is -2.22. The molecule has 0 aromatic rings. The number of alkyl carbamates (subject to hydrolysis) is 1. The Morgan fingerprint density at radius 3 is 2.55 bits per heavy atom. The fourth-order valence-corrected chi connectivity index (χ4v) is 3.08. The van der Waals surface area contributed by atoms with Gasteiger partial charge in [0.05, 0.1) is 21.2 Å². The maximum Gasteiger partial charge on any atom is 0.408 e. The van der Waals surface area contributed by atoms with Crippen LogP contribution in [-0.4, -0.2) is 78.4 Å². The first-order valence-electron chi connectivity index (χ1n) is 7.13. The van der Waals surface area contributed by atoms with Gasteiger partial charge in [-0.1, -0.05) is 0 Å². The molecule has 1 aliphatic heterocycles. The second-order valence-corrected chi connectivity index (χ2v) is 7.15. The molecule has 1 atom stereocenters. The Kier molecular flexibility index (Phi) is 6.52. The summed E-state index contributed by atoms with van der Waals surface area (Å²) < 4.78 is 12.1. The van der Waals surface area contributed by atoms with E-state index in [0.717, 1.165) is 18.3 Å². The van der Waals surface area contributed by atoms with E-state index in [0.29, 0.717) is 5.75 Å². The van der Waals surface area contributed by atoms with Crippen molar-refractivity contribution in [2.24, 2.45) is 0 Å². The summed E-state index contributed by atoms with van der Waals surface area (Å²) in [7, 11) is 5.30. The van der Waals surface area contributed by atoms with Crippen LogP contribution in [0.2, 0.25) is 0 Å². The first-order chi connectivity index (χ1) is 10.1. The minimum Gasteiger partial charge on any atom is -0.467 e. The molecule has 0 aromatic heterocycles. The molecule has 0 aliphatic carbocycles. The number of thioether (sulfide) groups is 1. The van der Waals surface area contributed by atoms with Crippen LogP contribution in [0.1, 0.15) is 20.8 Å². The van der Waals surface area contributed by atoms with Gasteiger partial charge in [0.1, 0.15) is 24.7 Å². The first-order valence-corrected chi connectivity index (χ1v) is 8.12. The van der Waals surface area contributed by atoms with Crippen molar-refractivity contribution in [1.29, 1.82) is 0 Å². The summed E-state index contributed by atoms with van der Waals surface area (Å²) in [6.45, 7) is 7.20. The van der Waals surface area contributed by atoms with Crippen molar-refractivity contribution in [2.45, 2.75) is 32.4 Å². The van der Waals surface area contributed by atoms with E-state index in [1.807, 2.05) is 14.1 Å². The maximum atomic E-state index is 11.8. The minimum absolute atomic E-state index is 0.385. The standard InChI is InChI=1S/C14H25N3O4S/c1-14(2,3)21-12(19)15-10(11(18)20-6)9-22-13-16(4)7-8-17(13)5/h10H,7-9H2,1-6H3/p+1/t10-/m0/s1. The van der Waals surface area contributed by atoms with Gasteiger partial charge >= 0.3 is 17.2 Å². The summed E-state index contributed by atoms with van der Waals surface area (Å²) >= 11 is 1.51. The van der Waals surface area contributed by atoms with Crippen LogP contribution in [0.25, 0.3) is 0 Å². The molecule has 0 spiro atoms. The second-order valence-electron chi connectivity index (χ2n) is 6.16. The predicted molar refractivity (Wildman–Crippen MR) is 86.3 cm³/mol. The first kappa shape index (κ1) is 18.6. The highest BCUT2D eigenvalue weighted by molar-refractivity contribution is 8.13. The molecule has 0 unspecified atom stereocenters. The van der Waals surface area contributed by atoms with Crippen molar-refractivity contribution in [2.75, 3.05) is 40.0 Å². The number of nitrogens with one attached hydrogen (secondary N) is 1. The molecule has 126 valence electrons. The van der Waals surface area contributed by atoms with Gasteiger partial charge in [0.2, 0.25) is 0 Å². The van der Waals surface area contributed by atoms with Crippen molar-refractivity contribution in [3.05, 3.63) is 0 Å². The van der Waals surface area contributed by atoms with Crippen LogP contribution in [-0.2, 0) is 14.3 Å². The van der Waals surface area contributed by atoms with E-state index in [1.54, 1.807) is 20.8 Å². The zero-order valence-corrected chi connectivity index (χ0v) is 15.0. The van der Waals surface area contributed by atoms with Crippen LogP contribution in [0.4, 0.5) is 4.79 Å². The number of rotatable bonds is 4. The summed E-state index contributed by atoms with van der Waals surface area (Å²) in [4.78, 5) is 25.8. The number of likely N-dealkylation sites (N-methyl/N-ethyl adjacent to an activating group) is 2. The second kappa shape index (κ2) is 7.71. The number of esters is 1. The average molecular weight is 332 g/mol. The molecular weight excluding hydrogens is 306 g/mol. The van der Waals surface area contributed by atoms with E-state index in [4.69, 9.17) is 9.47 Å². The molecule has 0 radical (unpaired) electrons. The van der Waals surface area contributed by atoms with Crippen LogP contribution in [0.5, 0.6) is 0 Å². The van der Waals surface area contributed by atoms with E-state index >= 15 is 0 Å². The van der Waals surface area contributed by atoms with Crippen molar-refractivity contribution in [1.82, 2.24) is 10.2 Å². The van der Waals surface area contributed by atoms with Crippen LogP contribution in [0.3, 0.4) is 0 Å². The fourth-order valence-electron chi connectivity index (χ4n) is 1.92. The Balaban J connectivity index is 2.64. The molecule has 1 rings (SSSR count). The molecule has 7 nitrogen and oxygen atoms in total. The fraction of sp³-hybridized carbons (Fsp3) is 0.786. The minimum atomic E-state index is -0.750. The van der Waals surface area contributed by atoms with Crippen molar-refractivity contribution >= 4 is 29.0 Å². The SMILES string of the molecule is COC(=O)[C@H](CSC1=[N+](C)CCN1C)NC(=O)OC(C)(C)C. The van der Waals surface area contributed by atoms with Crippen LogP contribution < -0.4 is 5.32 Å². The number of carbonyl (C=O) groups excluding carboxylic acids is 2. The number of hydrogen-bond donors (Lipinski definition) is 1. The summed E-state index contributed by atoms with van der Waals surface area (Å²) in [5, 5.41) is 3.64. The highest BCUT2D eigenvalue weighted by Crippen LogP contribution is 2.14. The monoisotopic (exact) mass is 332 g/mol. The average Bonchev–Trinajstić information content (AvgIpc) is 2.71. The smallest absolute Gasteiger partial charge is 0.408 e. The Labute approximate surface area is 136 Å². The highest BCUT2D eigenvalue weighted by atomic mass is 32.2. The lowest BCUT2D eigenvalue weighted by molar-refractivity contribution is -0.483. The van der Waals surface area contributed by atoms with Gasteiger partial charge in [-0.15, -0.1) is 0 Å². The lowest BCUT2D eigenvalue weighted by Crippen LogP contribution is -2.46. The van der Waals surface area contributed by atoms with Gasteiger partial charge in [0.15, 0.2) is 0 Å². The molecule has 8 heteroatoms. The van der Waals surface area contributed by atoms with Crippen LogP contribution in [0.15, 0.2) is 0 Å². The Morgan fingerprint density at radius 1 is 1.45 bits per heavy atom. The number of amides is 1. The third-order valence-electron chi connectivity index (χ3n) is 2.98. The van der Waals surface area contributed by atoms with E-state index in [1.165, 1.54) is 18.9 Å². The van der Waals surface area contributed by atoms with E-state index < -0.39 is 23.7 Å². The van der Waals surface area contributed by atoms with Gasteiger partial charge in [0, 0.05) is 5.75 Å². The molecule has 1 N–H and O–H groups in total. The lowest BCUT2D eigenvalue weighted by atomic mass is 10.2. The summed E-state index contributed by atoms with van der Waals surface area (Å²) in [6, 6.07) is -0.750. The van der Waals surface area contributed by atoms with Gasteiger partial charge in [0.25, 0.3) is 0 Å². The number of ether oxygens (including phenoxy) is 2. The normalized spacial score (nSPS) is 16.5. The highest BCUT2D eigenvalue weighted by Gasteiger charge is 2.30. The van der Waals surface area contributed by atoms with Crippen molar-refractivity contribution in [3.63, 3.8) is 0 Å². The van der Waals surface area contributed by atoms with Crippen molar-refractivity contribution in [3.8, 4) is 0 Å². The molecule has 0 aromatic carbocycles. The summed E-state index contributed by atoms with van der Waals surface area (Å²) in [5.74, 6) is -0.0992. The largest absolute Gasteiger partial charge is 0.467 e. The molecule has 1 heterocycles. The molecule has 22 heavy (non-hydrogen) atoms. The zero-order chi connectivity index (χ0) is 16.9. The molecule has 0 saturated heterocycles. The zero-order valence-electron chi connectivity index (χ0n) is 14.1. The van der Waals surface area contributed by atoms with Crippen LogP contribution >= 0.6 is 11.8 Å². The quantitative estimate of drug-likeness (QED) is 0.604. The Hall–Kier alpha value is -1.44. The molecule has 1 amide bonds. The summed E-state index contributed by atoms with van der Waals surface area (Å²) in [5.41, 5.74) is -0.613. The van der Waals surface area contributed by atoms with Crippen LogP contribution in [0, 0.1) is 0 Å². The number of nitrogens with zero attached hydrogens (tertiary/aromatic N) is 2. The summed E-state index contributed by atoms with van der Waals surface area (Å²) in [6.07, 6.45) is -0.623. The third-order valence-corrected chi connectivity index (χ3v) is 4.36. The Morgan fingerprint density at radius 2 is 2.09 bits per heavy atom. The number of carbonyl (C=O) groups is 2. The third kappa shape index (κ3) is 5.75. The Bertz CT molecular complexity index is 459. The van der Waals surface area contributed by atoms with Gasteiger partial charge < -0.3 is 14.8 Å². The molecule has 0 saturated carbocycles.